The van der Waals surface area contributed by atoms with E-state index in [1.807, 2.05) is 43.3 Å². The van der Waals surface area contributed by atoms with Crippen LogP contribution in [0.25, 0.3) is 0 Å². The average Bonchev–Trinajstić information content (AvgIpc) is 2.60. The molecule has 2 N–H and O–H groups in total. The van der Waals surface area contributed by atoms with E-state index in [-0.39, 0.29) is 12.1 Å². The van der Waals surface area contributed by atoms with Crippen molar-refractivity contribution in [2.24, 2.45) is 0 Å². The fourth-order valence-corrected chi connectivity index (χ4v) is 2.14. The highest BCUT2D eigenvalue weighted by Gasteiger charge is 2.12. The Morgan fingerprint density at radius 3 is 2.71 bits per heavy atom. The molecule has 0 aliphatic rings. The molecule has 6 heteroatoms. The summed E-state index contributed by atoms with van der Waals surface area (Å²) in [6.45, 7) is 3.05. The third-order valence-electron chi connectivity index (χ3n) is 3.36. The molecule has 6 nitrogen and oxygen atoms in total. The van der Waals surface area contributed by atoms with Gasteiger partial charge in [-0.05, 0) is 31.2 Å². The van der Waals surface area contributed by atoms with Crippen LogP contribution < -0.4 is 15.4 Å². The van der Waals surface area contributed by atoms with Crippen molar-refractivity contribution in [3.63, 3.8) is 0 Å². The Labute approximate surface area is 142 Å². The van der Waals surface area contributed by atoms with Crippen LogP contribution in [-0.4, -0.2) is 31.3 Å². The third-order valence-corrected chi connectivity index (χ3v) is 3.36. The maximum Gasteiger partial charge on any atom is 0.319 e. The van der Waals surface area contributed by atoms with Crippen LogP contribution in [0.3, 0.4) is 0 Å². The van der Waals surface area contributed by atoms with Gasteiger partial charge in [0.05, 0.1) is 24.0 Å². The normalized spacial score (nSPS) is 11.6. The molecule has 2 aromatic rings. The highest BCUT2D eigenvalue weighted by Crippen LogP contribution is 2.24. The highest BCUT2D eigenvalue weighted by molar-refractivity contribution is 5.91. The third kappa shape index (κ3) is 5.55. The number of para-hydroxylation sites is 2. The number of nitrogens with zero attached hydrogens (tertiary/aromatic N) is 1. The van der Waals surface area contributed by atoms with E-state index >= 15 is 0 Å². The number of ether oxygens (including phenoxy) is 2. The van der Waals surface area contributed by atoms with Crippen molar-refractivity contribution in [3.05, 3.63) is 54.4 Å². The lowest BCUT2D eigenvalue weighted by molar-refractivity contribution is 0.172. The summed E-state index contributed by atoms with van der Waals surface area (Å²) in [4.78, 5) is 16.4. The van der Waals surface area contributed by atoms with E-state index in [0.29, 0.717) is 24.7 Å². The number of rotatable bonds is 8. The molecule has 1 heterocycles. The van der Waals surface area contributed by atoms with E-state index in [9.17, 15) is 4.79 Å². The Hall–Kier alpha value is -2.60. The summed E-state index contributed by atoms with van der Waals surface area (Å²) in [7, 11) is 1.66. The number of anilines is 1. The molecule has 0 bridgehead atoms. The van der Waals surface area contributed by atoms with Crippen molar-refractivity contribution in [1.82, 2.24) is 10.3 Å². The minimum Gasteiger partial charge on any atom is -0.491 e. The van der Waals surface area contributed by atoms with Gasteiger partial charge in [-0.25, -0.2) is 4.79 Å². The molecule has 2 rings (SSSR count). The SMILES string of the molecule is COCCCOc1ccccc1NC(=O)N[C@@H](C)c1ccccn1. The zero-order valence-electron chi connectivity index (χ0n) is 14.0. The number of urea groups is 1. The number of pyridine rings is 1. The van der Waals surface area contributed by atoms with E-state index in [2.05, 4.69) is 15.6 Å². The Kier molecular flexibility index (Phi) is 7.04. The summed E-state index contributed by atoms with van der Waals surface area (Å²) >= 11 is 0. The van der Waals surface area contributed by atoms with Crippen molar-refractivity contribution in [2.45, 2.75) is 19.4 Å². The molecule has 0 aliphatic heterocycles. The number of benzene rings is 1. The molecule has 0 saturated heterocycles. The summed E-state index contributed by atoms with van der Waals surface area (Å²) in [5.74, 6) is 0.634. The lowest BCUT2D eigenvalue weighted by Gasteiger charge is -2.16. The number of hydrogen-bond acceptors (Lipinski definition) is 4. The molecular formula is C18H23N3O3. The lowest BCUT2D eigenvalue weighted by atomic mass is 10.2. The summed E-state index contributed by atoms with van der Waals surface area (Å²) in [5.41, 5.74) is 1.43. The van der Waals surface area contributed by atoms with Gasteiger partial charge in [0.1, 0.15) is 5.75 Å². The molecule has 0 spiro atoms. The zero-order valence-corrected chi connectivity index (χ0v) is 14.0. The number of amides is 2. The van der Waals surface area contributed by atoms with E-state index in [4.69, 9.17) is 9.47 Å². The molecule has 24 heavy (non-hydrogen) atoms. The van der Waals surface area contributed by atoms with Crippen LogP contribution in [0.5, 0.6) is 5.75 Å². The topological polar surface area (TPSA) is 72.5 Å². The Morgan fingerprint density at radius 1 is 1.17 bits per heavy atom. The van der Waals surface area contributed by atoms with Gasteiger partial charge < -0.3 is 20.1 Å². The molecule has 0 saturated carbocycles. The van der Waals surface area contributed by atoms with E-state index in [0.717, 1.165) is 12.1 Å². The Bertz CT molecular complexity index is 634. The van der Waals surface area contributed by atoms with Gasteiger partial charge in [-0.2, -0.15) is 0 Å². The second-order valence-electron chi connectivity index (χ2n) is 5.27. The fourth-order valence-electron chi connectivity index (χ4n) is 2.14. The van der Waals surface area contributed by atoms with Crippen LogP contribution in [0.15, 0.2) is 48.7 Å². The van der Waals surface area contributed by atoms with Gasteiger partial charge in [0.25, 0.3) is 0 Å². The monoisotopic (exact) mass is 329 g/mol. The molecule has 128 valence electrons. The van der Waals surface area contributed by atoms with Gasteiger partial charge in [-0.3, -0.25) is 4.98 Å². The van der Waals surface area contributed by atoms with Crippen LogP contribution in [0.4, 0.5) is 10.5 Å². The number of aromatic nitrogens is 1. The highest BCUT2D eigenvalue weighted by atomic mass is 16.5. The predicted molar refractivity (Wildman–Crippen MR) is 93.2 cm³/mol. The van der Waals surface area contributed by atoms with Crippen LogP contribution in [0, 0.1) is 0 Å². The summed E-state index contributed by atoms with van der Waals surface area (Å²) in [5, 5.41) is 5.68. The molecule has 0 radical (unpaired) electrons. The van der Waals surface area contributed by atoms with Crippen LogP contribution in [-0.2, 0) is 4.74 Å². The van der Waals surface area contributed by atoms with Gasteiger partial charge in [0.2, 0.25) is 0 Å². The van der Waals surface area contributed by atoms with E-state index in [1.165, 1.54) is 0 Å². The average molecular weight is 329 g/mol. The minimum atomic E-state index is -0.305. The van der Waals surface area contributed by atoms with Crippen LogP contribution >= 0.6 is 0 Å². The first kappa shape index (κ1) is 17.7. The zero-order chi connectivity index (χ0) is 17.2. The first-order valence-electron chi connectivity index (χ1n) is 7.90. The van der Waals surface area contributed by atoms with Crippen molar-refractivity contribution in [1.29, 1.82) is 0 Å². The van der Waals surface area contributed by atoms with Gasteiger partial charge in [0.15, 0.2) is 0 Å². The molecule has 0 unspecified atom stereocenters. The molecule has 1 aromatic heterocycles. The standard InChI is InChI=1S/C18H23N3O3/c1-14(15-8-5-6-11-19-15)20-18(22)21-16-9-3-4-10-17(16)24-13-7-12-23-2/h3-6,8-11,14H,7,12-13H2,1-2H3,(H2,20,21,22)/t14-/m0/s1. The molecule has 0 fully saturated rings. The quantitative estimate of drug-likeness (QED) is 0.728. The first-order chi connectivity index (χ1) is 11.7. The molecule has 1 atom stereocenters. The fraction of sp³-hybridized carbons (Fsp3) is 0.333. The molecular weight excluding hydrogens is 306 g/mol. The van der Waals surface area contributed by atoms with Crippen molar-refractivity contribution < 1.29 is 14.3 Å². The van der Waals surface area contributed by atoms with Gasteiger partial charge in [-0.1, -0.05) is 18.2 Å². The number of carbonyl (C=O) groups excluding carboxylic acids is 1. The van der Waals surface area contributed by atoms with Crippen molar-refractivity contribution in [2.75, 3.05) is 25.6 Å². The minimum absolute atomic E-state index is 0.194. The molecule has 0 aliphatic carbocycles. The van der Waals surface area contributed by atoms with Gasteiger partial charge in [-0.15, -0.1) is 0 Å². The second kappa shape index (κ2) is 9.52. The number of carbonyl (C=O) groups is 1. The molecule has 2 amide bonds. The summed E-state index contributed by atoms with van der Waals surface area (Å²) < 4.78 is 10.7. The Balaban J connectivity index is 1.91. The maximum absolute atomic E-state index is 12.2. The van der Waals surface area contributed by atoms with Crippen LogP contribution in [0.1, 0.15) is 25.1 Å². The summed E-state index contributed by atoms with van der Waals surface area (Å²) in [6.07, 6.45) is 2.49. The number of nitrogens with one attached hydrogen (secondary N) is 2. The second-order valence-corrected chi connectivity index (χ2v) is 5.27. The van der Waals surface area contributed by atoms with E-state index < -0.39 is 0 Å². The smallest absolute Gasteiger partial charge is 0.319 e. The summed E-state index contributed by atoms with van der Waals surface area (Å²) in [6, 6.07) is 12.4. The molecule has 1 aromatic carbocycles. The largest absolute Gasteiger partial charge is 0.491 e. The number of methoxy groups -OCH3 is 1. The predicted octanol–water partition coefficient (Wildman–Crippen LogP) is 3.38. The maximum atomic E-state index is 12.2. The lowest BCUT2D eigenvalue weighted by Crippen LogP contribution is -2.31. The Morgan fingerprint density at radius 2 is 1.96 bits per heavy atom. The van der Waals surface area contributed by atoms with Crippen molar-refractivity contribution >= 4 is 11.7 Å². The van der Waals surface area contributed by atoms with Crippen molar-refractivity contribution in [3.8, 4) is 5.75 Å². The van der Waals surface area contributed by atoms with Crippen LogP contribution in [0.2, 0.25) is 0 Å². The van der Waals surface area contributed by atoms with Gasteiger partial charge in [0, 0.05) is 26.3 Å². The van der Waals surface area contributed by atoms with E-state index in [1.54, 1.807) is 19.4 Å². The first-order valence-corrected chi connectivity index (χ1v) is 7.90. The number of hydrogen-bond donors (Lipinski definition) is 2. The van der Waals surface area contributed by atoms with Gasteiger partial charge >= 0.3 is 6.03 Å².